The molecule has 0 aliphatic rings. The molecule has 0 aromatic carbocycles. The summed E-state index contributed by atoms with van der Waals surface area (Å²) in [4.78, 5) is 4.33. The lowest BCUT2D eigenvalue weighted by atomic mass is 10.4. The lowest BCUT2D eigenvalue weighted by Gasteiger charge is -2.09. The van der Waals surface area contributed by atoms with Gasteiger partial charge < -0.3 is 20.1 Å². The summed E-state index contributed by atoms with van der Waals surface area (Å²) in [6, 6.07) is 0. The molecule has 5 nitrogen and oxygen atoms in total. The maximum atomic E-state index is 5.42. The van der Waals surface area contributed by atoms with Crippen molar-refractivity contribution in [1.82, 2.24) is 10.6 Å². The smallest absolute Gasteiger partial charge is 0.192 e. The van der Waals surface area contributed by atoms with Crippen molar-refractivity contribution in [3.05, 3.63) is 0 Å². The summed E-state index contributed by atoms with van der Waals surface area (Å²) in [6.07, 6.45) is 7.45. The van der Waals surface area contributed by atoms with Crippen LogP contribution in [0.1, 0.15) is 26.7 Å². The number of rotatable bonds is 11. The summed E-state index contributed by atoms with van der Waals surface area (Å²) in [5, 5.41) is 6.12. The van der Waals surface area contributed by atoms with Gasteiger partial charge in [0.05, 0.1) is 32.9 Å². The van der Waals surface area contributed by atoms with Crippen molar-refractivity contribution in [2.24, 2.45) is 4.99 Å². The number of ether oxygens (including phenoxy) is 2. The molecule has 0 saturated heterocycles. The highest BCUT2D eigenvalue weighted by Gasteiger charge is 1.94. The standard InChI is InChI=1S/C14H27N3O2/c1-4-7-10-18-12-13-19-11-9-17-14(15-6-3)16-8-5-2/h2H,4,6-13H2,1,3H3,(H2,15,16,17). The number of terminal acetylenes is 1. The monoisotopic (exact) mass is 269 g/mol. The normalized spacial score (nSPS) is 11.1. The van der Waals surface area contributed by atoms with Crippen molar-refractivity contribution in [3.63, 3.8) is 0 Å². The highest BCUT2D eigenvalue weighted by atomic mass is 16.5. The average Bonchev–Trinajstić information content (AvgIpc) is 2.42. The quantitative estimate of drug-likeness (QED) is 0.254. The average molecular weight is 269 g/mol. The molecular weight excluding hydrogens is 242 g/mol. The fraction of sp³-hybridized carbons (Fsp3) is 0.786. The first-order valence-corrected chi connectivity index (χ1v) is 6.96. The van der Waals surface area contributed by atoms with Crippen LogP contribution in [0.25, 0.3) is 0 Å². The number of unbranched alkanes of at least 4 members (excludes halogenated alkanes) is 1. The topological polar surface area (TPSA) is 54.9 Å². The molecule has 0 fully saturated rings. The first kappa shape index (κ1) is 17.8. The van der Waals surface area contributed by atoms with Crippen molar-refractivity contribution in [3.8, 4) is 12.3 Å². The third kappa shape index (κ3) is 13.0. The minimum absolute atomic E-state index is 0.470. The van der Waals surface area contributed by atoms with Crippen LogP contribution in [0.3, 0.4) is 0 Å². The van der Waals surface area contributed by atoms with Gasteiger partial charge in [-0.15, -0.1) is 6.42 Å². The van der Waals surface area contributed by atoms with E-state index in [2.05, 4.69) is 28.5 Å². The molecule has 0 amide bonds. The fourth-order valence-electron chi connectivity index (χ4n) is 1.27. The Hall–Kier alpha value is -1.25. The molecule has 0 atom stereocenters. The van der Waals surface area contributed by atoms with Crippen molar-refractivity contribution >= 4 is 5.96 Å². The summed E-state index contributed by atoms with van der Waals surface area (Å²) in [7, 11) is 0. The minimum Gasteiger partial charge on any atom is -0.379 e. The van der Waals surface area contributed by atoms with Gasteiger partial charge >= 0.3 is 0 Å². The Morgan fingerprint density at radius 1 is 1.11 bits per heavy atom. The van der Waals surface area contributed by atoms with E-state index in [0.717, 1.165) is 32.0 Å². The van der Waals surface area contributed by atoms with Crippen molar-refractivity contribution in [2.75, 3.05) is 46.1 Å². The SMILES string of the molecule is C#CCNC(=NCCOCCOCCCC)NCC. The highest BCUT2D eigenvalue weighted by molar-refractivity contribution is 5.79. The molecule has 0 aromatic heterocycles. The molecule has 0 aromatic rings. The first-order chi connectivity index (χ1) is 9.35. The maximum absolute atomic E-state index is 5.42. The van der Waals surface area contributed by atoms with E-state index in [9.17, 15) is 0 Å². The molecule has 0 heterocycles. The Kier molecular flexibility index (Phi) is 13.8. The zero-order chi connectivity index (χ0) is 14.2. The van der Waals surface area contributed by atoms with E-state index in [1.54, 1.807) is 0 Å². The molecule has 19 heavy (non-hydrogen) atoms. The number of nitrogens with zero attached hydrogens (tertiary/aromatic N) is 1. The number of nitrogens with one attached hydrogen (secondary N) is 2. The Morgan fingerprint density at radius 3 is 2.47 bits per heavy atom. The van der Waals surface area contributed by atoms with Gasteiger partial charge in [-0.25, -0.2) is 0 Å². The van der Waals surface area contributed by atoms with Gasteiger partial charge in [0.1, 0.15) is 0 Å². The third-order valence-electron chi connectivity index (χ3n) is 2.22. The number of hydrogen-bond acceptors (Lipinski definition) is 3. The van der Waals surface area contributed by atoms with E-state index in [4.69, 9.17) is 15.9 Å². The second-order valence-electron chi connectivity index (χ2n) is 3.90. The summed E-state index contributed by atoms with van der Waals surface area (Å²) in [6.45, 7) is 8.72. The van der Waals surface area contributed by atoms with Crippen LogP contribution >= 0.6 is 0 Å². The van der Waals surface area contributed by atoms with Gasteiger partial charge in [0.2, 0.25) is 0 Å². The van der Waals surface area contributed by atoms with Crippen LogP contribution in [-0.4, -0.2) is 52.0 Å². The van der Waals surface area contributed by atoms with E-state index >= 15 is 0 Å². The van der Waals surface area contributed by atoms with Crippen LogP contribution in [0.4, 0.5) is 0 Å². The van der Waals surface area contributed by atoms with Gasteiger partial charge in [0.25, 0.3) is 0 Å². The zero-order valence-corrected chi connectivity index (χ0v) is 12.2. The summed E-state index contributed by atoms with van der Waals surface area (Å²) < 4.78 is 10.8. The summed E-state index contributed by atoms with van der Waals surface area (Å²) in [5.74, 6) is 3.24. The predicted octanol–water partition coefficient (Wildman–Crippen LogP) is 1.01. The first-order valence-electron chi connectivity index (χ1n) is 6.96. The zero-order valence-electron chi connectivity index (χ0n) is 12.2. The number of aliphatic imine (C=N–C) groups is 1. The van der Waals surface area contributed by atoms with Crippen LogP contribution in [0.5, 0.6) is 0 Å². The van der Waals surface area contributed by atoms with Crippen LogP contribution in [0, 0.1) is 12.3 Å². The van der Waals surface area contributed by atoms with Gasteiger partial charge in [-0.05, 0) is 13.3 Å². The van der Waals surface area contributed by atoms with Crippen LogP contribution in [-0.2, 0) is 9.47 Å². The van der Waals surface area contributed by atoms with Crippen LogP contribution in [0.2, 0.25) is 0 Å². The molecule has 0 radical (unpaired) electrons. The lowest BCUT2D eigenvalue weighted by molar-refractivity contribution is 0.0497. The second-order valence-corrected chi connectivity index (χ2v) is 3.90. The van der Waals surface area contributed by atoms with E-state index in [1.807, 2.05) is 6.92 Å². The molecule has 5 heteroatoms. The lowest BCUT2D eigenvalue weighted by Crippen LogP contribution is -2.37. The third-order valence-corrected chi connectivity index (χ3v) is 2.22. The molecule has 0 bridgehead atoms. The molecule has 0 aliphatic heterocycles. The number of hydrogen-bond donors (Lipinski definition) is 2. The Bertz CT molecular complexity index is 262. The highest BCUT2D eigenvalue weighted by Crippen LogP contribution is 1.87. The van der Waals surface area contributed by atoms with E-state index < -0.39 is 0 Å². The minimum atomic E-state index is 0.470. The Morgan fingerprint density at radius 2 is 1.84 bits per heavy atom. The van der Waals surface area contributed by atoms with Crippen LogP contribution in [0.15, 0.2) is 4.99 Å². The van der Waals surface area contributed by atoms with E-state index in [0.29, 0.717) is 32.9 Å². The van der Waals surface area contributed by atoms with E-state index in [1.165, 1.54) is 0 Å². The van der Waals surface area contributed by atoms with Crippen molar-refractivity contribution in [1.29, 1.82) is 0 Å². The maximum Gasteiger partial charge on any atom is 0.192 e. The summed E-state index contributed by atoms with van der Waals surface area (Å²) in [5.41, 5.74) is 0. The fourth-order valence-corrected chi connectivity index (χ4v) is 1.27. The van der Waals surface area contributed by atoms with Crippen molar-refractivity contribution < 1.29 is 9.47 Å². The molecule has 0 saturated carbocycles. The molecule has 2 N–H and O–H groups in total. The van der Waals surface area contributed by atoms with Crippen LogP contribution < -0.4 is 10.6 Å². The molecule has 0 aliphatic carbocycles. The predicted molar refractivity (Wildman–Crippen MR) is 79.4 cm³/mol. The molecule has 0 rings (SSSR count). The van der Waals surface area contributed by atoms with Crippen molar-refractivity contribution in [2.45, 2.75) is 26.7 Å². The number of guanidine groups is 1. The molecule has 110 valence electrons. The Labute approximate surface area is 117 Å². The largest absolute Gasteiger partial charge is 0.379 e. The van der Waals surface area contributed by atoms with Gasteiger partial charge in [-0.3, -0.25) is 4.99 Å². The Balaban J connectivity index is 3.49. The van der Waals surface area contributed by atoms with Gasteiger partial charge in [-0.2, -0.15) is 0 Å². The van der Waals surface area contributed by atoms with Gasteiger partial charge in [0.15, 0.2) is 5.96 Å². The summed E-state index contributed by atoms with van der Waals surface area (Å²) >= 11 is 0. The molecule has 0 unspecified atom stereocenters. The second kappa shape index (κ2) is 14.8. The van der Waals surface area contributed by atoms with E-state index in [-0.39, 0.29) is 0 Å². The molecular formula is C14H27N3O2. The van der Waals surface area contributed by atoms with Gasteiger partial charge in [-0.1, -0.05) is 19.3 Å². The van der Waals surface area contributed by atoms with Gasteiger partial charge in [0, 0.05) is 13.2 Å². The molecule has 0 spiro atoms.